The summed E-state index contributed by atoms with van der Waals surface area (Å²) in [6.45, 7) is 1.39. The Morgan fingerprint density at radius 3 is 2.81 bits per heavy atom. The van der Waals surface area contributed by atoms with Crippen molar-refractivity contribution in [2.24, 2.45) is 7.05 Å². The zero-order valence-corrected chi connectivity index (χ0v) is 14.6. The van der Waals surface area contributed by atoms with Gasteiger partial charge in [-0.1, -0.05) is 0 Å². The molecule has 3 aromatic heterocycles. The minimum absolute atomic E-state index is 0.0220. The lowest BCUT2D eigenvalue weighted by molar-refractivity contribution is 0.0705. The Morgan fingerprint density at radius 2 is 2.04 bits per heavy atom. The number of nitrogens with zero attached hydrogens (tertiary/aromatic N) is 6. The van der Waals surface area contributed by atoms with E-state index in [-0.39, 0.29) is 11.8 Å². The molecule has 1 atom stereocenters. The van der Waals surface area contributed by atoms with Crippen LogP contribution in [0, 0.1) is 0 Å². The average molecular weight is 348 g/mol. The van der Waals surface area contributed by atoms with E-state index in [0.29, 0.717) is 12.1 Å². The molecule has 7 heteroatoms. The van der Waals surface area contributed by atoms with Crippen LogP contribution in [-0.4, -0.2) is 48.4 Å². The van der Waals surface area contributed by atoms with Gasteiger partial charge in [0.25, 0.3) is 5.91 Å². The number of carbonyl (C=O) groups excluding carboxylic acids is 1. The molecular weight excluding hydrogens is 328 g/mol. The zero-order valence-electron chi connectivity index (χ0n) is 14.6. The number of piperidine rings is 1. The van der Waals surface area contributed by atoms with Crippen LogP contribution in [0.5, 0.6) is 0 Å². The second kappa shape index (κ2) is 7.03. The quantitative estimate of drug-likeness (QED) is 0.726. The molecule has 0 aromatic carbocycles. The first-order valence-corrected chi connectivity index (χ1v) is 8.71. The van der Waals surface area contributed by atoms with Crippen LogP contribution in [0.25, 0.3) is 11.4 Å². The van der Waals surface area contributed by atoms with Gasteiger partial charge in [0.05, 0.1) is 29.5 Å². The number of amides is 1. The van der Waals surface area contributed by atoms with Crippen molar-refractivity contribution < 1.29 is 4.79 Å². The first-order valence-electron chi connectivity index (χ1n) is 8.71. The molecule has 0 bridgehead atoms. The lowest BCUT2D eigenvalue weighted by Gasteiger charge is -2.33. The van der Waals surface area contributed by atoms with E-state index in [0.717, 1.165) is 36.5 Å². The van der Waals surface area contributed by atoms with E-state index in [9.17, 15) is 4.79 Å². The summed E-state index contributed by atoms with van der Waals surface area (Å²) in [4.78, 5) is 32.1. The van der Waals surface area contributed by atoms with Crippen molar-refractivity contribution in [2.45, 2.75) is 18.8 Å². The number of hydrogen-bond acceptors (Lipinski definition) is 5. The SMILES string of the molecule is Cn1cncc1-c1nccnc1C1CCCN(C(=O)c2cccnc2)C1. The molecule has 1 fully saturated rings. The molecule has 4 rings (SSSR count). The minimum atomic E-state index is 0.0220. The number of rotatable bonds is 3. The van der Waals surface area contributed by atoms with Crippen LogP contribution >= 0.6 is 0 Å². The lowest BCUT2D eigenvalue weighted by atomic mass is 9.92. The van der Waals surface area contributed by atoms with Crippen LogP contribution in [0.3, 0.4) is 0 Å². The van der Waals surface area contributed by atoms with Gasteiger partial charge < -0.3 is 9.47 Å². The summed E-state index contributed by atoms with van der Waals surface area (Å²) in [6.07, 6.45) is 12.2. The second-order valence-electron chi connectivity index (χ2n) is 6.51. The molecule has 1 unspecified atom stereocenters. The maximum absolute atomic E-state index is 12.8. The third kappa shape index (κ3) is 3.08. The van der Waals surface area contributed by atoms with Crippen molar-refractivity contribution in [3.63, 3.8) is 0 Å². The first-order chi connectivity index (χ1) is 12.7. The fourth-order valence-electron chi connectivity index (χ4n) is 3.49. The molecular formula is C19H20N6O. The smallest absolute Gasteiger partial charge is 0.255 e. The number of pyridine rings is 1. The Kier molecular flexibility index (Phi) is 4.43. The van der Waals surface area contributed by atoms with Gasteiger partial charge in [0.1, 0.15) is 5.69 Å². The fraction of sp³-hybridized carbons (Fsp3) is 0.316. The van der Waals surface area contributed by atoms with Crippen molar-refractivity contribution in [1.29, 1.82) is 0 Å². The molecule has 4 heterocycles. The number of imidazole rings is 1. The van der Waals surface area contributed by atoms with E-state index in [1.165, 1.54) is 0 Å². The van der Waals surface area contributed by atoms with Crippen LogP contribution in [0.4, 0.5) is 0 Å². The van der Waals surface area contributed by atoms with E-state index < -0.39 is 0 Å². The predicted octanol–water partition coefficient (Wildman–Crippen LogP) is 2.29. The molecule has 0 N–H and O–H groups in total. The van der Waals surface area contributed by atoms with E-state index in [2.05, 4.69) is 19.9 Å². The third-order valence-electron chi connectivity index (χ3n) is 4.79. The van der Waals surface area contributed by atoms with E-state index in [4.69, 9.17) is 0 Å². The summed E-state index contributed by atoms with van der Waals surface area (Å²) in [5.74, 6) is 0.178. The van der Waals surface area contributed by atoms with Crippen LogP contribution in [0.15, 0.2) is 49.4 Å². The highest BCUT2D eigenvalue weighted by atomic mass is 16.2. The van der Waals surface area contributed by atoms with Crippen LogP contribution < -0.4 is 0 Å². The molecule has 26 heavy (non-hydrogen) atoms. The van der Waals surface area contributed by atoms with Crippen molar-refractivity contribution in [2.75, 3.05) is 13.1 Å². The number of aromatic nitrogens is 5. The highest BCUT2D eigenvalue weighted by Crippen LogP contribution is 2.31. The molecule has 0 aliphatic carbocycles. The number of hydrogen-bond donors (Lipinski definition) is 0. The predicted molar refractivity (Wildman–Crippen MR) is 96.3 cm³/mol. The fourth-order valence-corrected chi connectivity index (χ4v) is 3.49. The van der Waals surface area contributed by atoms with Gasteiger partial charge in [-0.2, -0.15) is 0 Å². The van der Waals surface area contributed by atoms with Crippen LogP contribution in [0.1, 0.15) is 34.8 Å². The van der Waals surface area contributed by atoms with Gasteiger partial charge in [0.15, 0.2) is 0 Å². The van der Waals surface area contributed by atoms with Crippen molar-refractivity contribution in [1.82, 2.24) is 29.4 Å². The van der Waals surface area contributed by atoms with Crippen molar-refractivity contribution in [3.05, 3.63) is 60.7 Å². The molecule has 1 saturated heterocycles. The minimum Gasteiger partial charge on any atom is -0.338 e. The Morgan fingerprint density at radius 1 is 1.15 bits per heavy atom. The maximum atomic E-state index is 12.8. The molecule has 132 valence electrons. The summed E-state index contributed by atoms with van der Waals surface area (Å²) in [5.41, 5.74) is 3.33. The monoisotopic (exact) mass is 348 g/mol. The van der Waals surface area contributed by atoms with Crippen LogP contribution in [-0.2, 0) is 7.05 Å². The number of carbonyl (C=O) groups is 1. The Labute approximate surface area is 151 Å². The van der Waals surface area contributed by atoms with Gasteiger partial charge in [-0.25, -0.2) is 4.98 Å². The molecule has 0 radical (unpaired) electrons. The Hall–Kier alpha value is -3.09. The summed E-state index contributed by atoms with van der Waals surface area (Å²) in [7, 11) is 1.94. The normalized spacial score (nSPS) is 17.3. The Balaban J connectivity index is 1.61. The summed E-state index contributed by atoms with van der Waals surface area (Å²) >= 11 is 0. The molecule has 1 aliphatic heterocycles. The molecule has 0 spiro atoms. The van der Waals surface area contributed by atoms with Gasteiger partial charge >= 0.3 is 0 Å². The largest absolute Gasteiger partial charge is 0.338 e. The van der Waals surface area contributed by atoms with Crippen LogP contribution in [0.2, 0.25) is 0 Å². The molecule has 1 amide bonds. The topological polar surface area (TPSA) is 76.8 Å². The molecule has 3 aromatic rings. The van der Waals surface area contributed by atoms with Gasteiger partial charge in [0, 0.05) is 50.8 Å². The number of likely N-dealkylation sites (tertiary alicyclic amines) is 1. The van der Waals surface area contributed by atoms with Gasteiger partial charge in [0.2, 0.25) is 0 Å². The molecule has 1 aliphatic rings. The third-order valence-corrected chi connectivity index (χ3v) is 4.79. The summed E-state index contributed by atoms with van der Waals surface area (Å²) in [5, 5.41) is 0. The van der Waals surface area contributed by atoms with Gasteiger partial charge in [-0.15, -0.1) is 0 Å². The average Bonchev–Trinajstić information content (AvgIpc) is 3.14. The lowest BCUT2D eigenvalue weighted by Crippen LogP contribution is -2.39. The summed E-state index contributed by atoms with van der Waals surface area (Å²) < 4.78 is 1.94. The summed E-state index contributed by atoms with van der Waals surface area (Å²) in [6, 6.07) is 3.60. The zero-order chi connectivity index (χ0) is 17.9. The Bertz CT molecular complexity index is 907. The molecule has 0 saturated carbocycles. The highest BCUT2D eigenvalue weighted by Gasteiger charge is 2.29. The first kappa shape index (κ1) is 16.4. The van der Waals surface area contributed by atoms with Crippen molar-refractivity contribution >= 4 is 5.91 Å². The van der Waals surface area contributed by atoms with Gasteiger partial charge in [-0.05, 0) is 25.0 Å². The van der Waals surface area contributed by atoms with Gasteiger partial charge in [-0.3, -0.25) is 19.7 Å². The second-order valence-corrected chi connectivity index (χ2v) is 6.51. The standard InChI is InChI=1S/C19H20N6O/c1-24-13-21-11-16(24)18-17(22-7-8-23-18)15-5-3-9-25(12-15)19(26)14-4-2-6-20-10-14/h2,4,6-8,10-11,13,15H,3,5,9,12H2,1H3. The molecule has 7 nitrogen and oxygen atoms in total. The van der Waals surface area contributed by atoms with E-state index in [1.807, 2.05) is 22.6 Å². The van der Waals surface area contributed by atoms with E-state index in [1.54, 1.807) is 43.4 Å². The number of aryl methyl sites for hydroxylation is 1. The van der Waals surface area contributed by atoms with Crippen molar-refractivity contribution in [3.8, 4) is 11.4 Å². The highest BCUT2D eigenvalue weighted by molar-refractivity contribution is 5.94. The maximum Gasteiger partial charge on any atom is 0.255 e. The van der Waals surface area contributed by atoms with E-state index >= 15 is 0 Å².